The fourth-order valence-electron chi connectivity index (χ4n) is 3.75. The highest BCUT2D eigenvalue weighted by molar-refractivity contribution is 8.00. The van der Waals surface area contributed by atoms with E-state index in [4.69, 9.17) is 10.2 Å². The third-order valence-corrected chi connectivity index (χ3v) is 6.69. The summed E-state index contributed by atoms with van der Waals surface area (Å²) in [4.78, 5) is 23.1. The molecular formula is C23H38O5S. The van der Waals surface area contributed by atoms with Gasteiger partial charge in [0.15, 0.2) is 0 Å². The Morgan fingerprint density at radius 2 is 2.03 bits per heavy atom. The molecule has 0 amide bonds. The third kappa shape index (κ3) is 11.0. The zero-order valence-electron chi connectivity index (χ0n) is 17.7. The zero-order chi connectivity index (χ0) is 21.5. The molecule has 0 aromatic carbocycles. The van der Waals surface area contributed by atoms with Crippen LogP contribution in [-0.2, 0) is 9.59 Å². The number of allylic oxidation sites excluding steroid dienone is 3. The largest absolute Gasteiger partial charge is 0.481 e. The number of carbonyl (C=O) groups excluding carboxylic acids is 1. The number of aliphatic hydroxyl groups is 2. The van der Waals surface area contributed by atoms with E-state index < -0.39 is 5.97 Å². The van der Waals surface area contributed by atoms with Crippen LogP contribution in [-0.4, -0.2) is 50.8 Å². The van der Waals surface area contributed by atoms with Crippen molar-refractivity contribution in [2.75, 3.05) is 12.4 Å². The summed E-state index contributed by atoms with van der Waals surface area (Å²) < 4.78 is 0. The van der Waals surface area contributed by atoms with Crippen LogP contribution >= 0.6 is 11.8 Å². The molecular weight excluding hydrogens is 388 g/mol. The fourth-order valence-corrected chi connectivity index (χ4v) is 4.95. The quantitative estimate of drug-likeness (QED) is 0.250. The number of rotatable bonds is 16. The van der Waals surface area contributed by atoms with E-state index in [0.29, 0.717) is 37.9 Å². The molecule has 1 saturated carbocycles. The molecule has 1 rings (SSSR count). The summed E-state index contributed by atoms with van der Waals surface area (Å²) in [7, 11) is 0. The van der Waals surface area contributed by atoms with Crippen molar-refractivity contribution >= 4 is 23.5 Å². The summed E-state index contributed by atoms with van der Waals surface area (Å²) in [5.41, 5.74) is 0. The molecule has 0 radical (unpaired) electrons. The van der Waals surface area contributed by atoms with Gasteiger partial charge in [-0.25, -0.2) is 0 Å². The molecule has 0 saturated heterocycles. The molecule has 6 heteroatoms. The van der Waals surface area contributed by atoms with Crippen LogP contribution in [0.5, 0.6) is 0 Å². The van der Waals surface area contributed by atoms with Crippen LogP contribution in [0.1, 0.15) is 71.1 Å². The third-order valence-electron chi connectivity index (χ3n) is 5.36. The van der Waals surface area contributed by atoms with Crippen LogP contribution in [0.15, 0.2) is 24.3 Å². The Morgan fingerprint density at radius 3 is 2.72 bits per heavy atom. The topological polar surface area (TPSA) is 94.8 Å². The molecule has 1 fully saturated rings. The zero-order valence-corrected chi connectivity index (χ0v) is 18.5. The van der Waals surface area contributed by atoms with E-state index in [2.05, 4.69) is 13.0 Å². The average Bonchev–Trinajstić information content (AvgIpc) is 2.97. The van der Waals surface area contributed by atoms with E-state index in [1.807, 2.05) is 18.2 Å². The Labute approximate surface area is 179 Å². The minimum absolute atomic E-state index is 0.0737. The molecule has 0 bridgehead atoms. The Balaban J connectivity index is 2.60. The highest BCUT2D eigenvalue weighted by Crippen LogP contribution is 2.40. The predicted octanol–water partition coefficient (Wildman–Crippen LogP) is 4.37. The summed E-state index contributed by atoms with van der Waals surface area (Å²) in [6.07, 6.45) is 15.2. The van der Waals surface area contributed by atoms with Gasteiger partial charge in [-0.1, -0.05) is 50.5 Å². The van der Waals surface area contributed by atoms with Crippen molar-refractivity contribution in [1.29, 1.82) is 0 Å². The summed E-state index contributed by atoms with van der Waals surface area (Å²) >= 11 is 1.65. The van der Waals surface area contributed by atoms with Crippen LogP contribution < -0.4 is 0 Å². The number of hydrogen-bond donors (Lipinski definition) is 3. The van der Waals surface area contributed by atoms with Gasteiger partial charge in [-0.2, -0.15) is 11.8 Å². The minimum atomic E-state index is -0.782. The number of hydrogen-bond acceptors (Lipinski definition) is 5. The maximum absolute atomic E-state index is 12.6. The van der Waals surface area contributed by atoms with Crippen molar-refractivity contribution in [2.45, 2.75) is 82.5 Å². The van der Waals surface area contributed by atoms with E-state index in [9.17, 15) is 14.7 Å². The number of thioether (sulfide) groups is 1. The monoisotopic (exact) mass is 426 g/mol. The Hall–Kier alpha value is -1.11. The first kappa shape index (κ1) is 25.9. The normalized spacial score (nSPS) is 23.4. The van der Waals surface area contributed by atoms with Crippen LogP contribution in [0.25, 0.3) is 0 Å². The van der Waals surface area contributed by atoms with Gasteiger partial charge in [0.05, 0.1) is 12.7 Å². The van der Waals surface area contributed by atoms with Crippen molar-refractivity contribution in [3.05, 3.63) is 24.3 Å². The molecule has 0 heterocycles. The van der Waals surface area contributed by atoms with Gasteiger partial charge < -0.3 is 15.3 Å². The molecule has 29 heavy (non-hydrogen) atoms. The van der Waals surface area contributed by atoms with Crippen molar-refractivity contribution in [1.82, 2.24) is 0 Å². The second-order valence-corrected chi connectivity index (χ2v) is 9.14. The van der Waals surface area contributed by atoms with E-state index in [-0.39, 0.29) is 42.0 Å². The molecule has 0 aliphatic heterocycles. The Kier molecular flexibility index (Phi) is 14.0. The number of aliphatic carboxylic acids is 1. The predicted molar refractivity (Wildman–Crippen MR) is 119 cm³/mol. The second kappa shape index (κ2) is 15.7. The standard InChI is InChI=1S/C23H38O5S/c1-2-3-6-10-18(25)11-9-13-20-19(12-7-4-5-8-14-23(27)28)21(26)17-22(20)29-16-15-24/h4,7,9,13,18-20,22,24-25H,2-3,5-6,8,10-12,14-17H2,1H3,(H,27,28)/t18?,19-,20-,22-/m1/s1. The van der Waals surface area contributed by atoms with Crippen molar-refractivity contribution in [3.63, 3.8) is 0 Å². The summed E-state index contributed by atoms with van der Waals surface area (Å²) in [6, 6.07) is 0. The molecule has 1 aliphatic rings. The molecule has 0 spiro atoms. The first-order valence-corrected chi connectivity index (χ1v) is 12.0. The molecule has 1 unspecified atom stereocenters. The van der Waals surface area contributed by atoms with Gasteiger partial charge >= 0.3 is 5.97 Å². The molecule has 5 nitrogen and oxygen atoms in total. The van der Waals surface area contributed by atoms with Gasteiger partial charge in [0.25, 0.3) is 0 Å². The number of carboxylic acid groups (broad SMARTS) is 1. The molecule has 1 aliphatic carbocycles. The molecule has 0 aromatic rings. The van der Waals surface area contributed by atoms with Gasteiger partial charge in [0.2, 0.25) is 0 Å². The van der Waals surface area contributed by atoms with Gasteiger partial charge in [-0.15, -0.1) is 0 Å². The fraction of sp³-hybridized carbons (Fsp3) is 0.739. The summed E-state index contributed by atoms with van der Waals surface area (Å²) in [6.45, 7) is 2.25. The summed E-state index contributed by atoms with van der Waals surface area (Å²) in [5, 5.41) is 28.1. The maximum atomic E-state index is 12.6. The Bertz CT molecular complexity index is 531. The van der Waals surface area contributed by atoms with Gasteiger partial charge in [0.1, 0.15) is 5.78 Å². The van der Waals surface area contributed by atoms with Crippen LogP contribution in [0.4, 0.5) is 0 Å². The van der Waals surface area contributed by atoms with Crippen molar-refractivity contribution in [3.8, 4) is 0 Å². The van der Waals surface area contributed by atoms with E-state index in [1.165, 1.54) is 0 Å². The van der Waals surface area contributed by atoms with E-state index in [1.54, 1.807) is 11.8 Å². The number of unbranched alkanes of at least 4 members (excludes halogenated alkanes) is 3. The van der Waals surface area contributed by atoms with E-state index >= 15 is 0 Å². The second-order valence-electron chi connectivity index (χ2n) is 7.79. The minimum Gasteiger partial charge on any atom is -0.481 e. The molecule has 4 atom stereocenters. The number of carbonyl (C=O) groups is 2. The first-order chi connectivity index (χ1) is 14.0. The first-order valence-electron chi connectivity index (χ1n) is 11.0. The van der Waals surface area contributed by atoms with Crippen LogP contribution in [0.2, 0.25) is 0 Å². The molecule has 166 valence electrons. The van der Waals surface area contributed by atoms with Crippen LogP contribution in [0.3, 0.4) is 0 Å². The number of aliphatic hydroxyl groups excluding tert-OH is 2. The lowest BCUT2D eigenvalue weighted by atomic mass is 9.91. The average molecular weight is 427 g/mol. The lowest BCUT2D eigenvalue weighted by molar-refractivity contribution is -0.137. The Morgan fingerprint density at radius 1 is 1.24 bits per heavy atom. The SMILES string of the molecule is CCCCCC(O)CC=C[C@H]1[C@H](SCCO)CC(=O)[C@@H]1CC=CCCCC(=O)O. The lowest BCUT2D eigenvalue weighted by Gasteiger charge is -2.20. The van der Waals surface area contributed by atoms with Gasteiger partial charge in [0, 0.05) is 29.8 Å². The highest BCUT2D eigenvalue weighted by Gasteiger charge is 2.40. The van der Waals surface area contributed by atoms with Gasteiger partial charge in [-0.05, 0) is 38.0 Å². The number of carboxylic acids is 1. The smallest absolute Gasteiger partial charge is 0.303 e. The summed E-state index contributed by atoms with van der Waals surface area (Å²) in [5.74, 6) is 0.143. The van der Waals surface area contributed by atoms with Crippen molar-refractivity contribution in [2.24, 2.45) is 11.8 Å². The van der Waals surface area contributed by atoms with E-state index in [0.717, 1.165) is 25.7 Å². The molecule has 0 aromatic heterocycles. The van der Waals surface area contributed by atoms with Crippen molar-refractivity contribution < 1.29 is 24.9 Å². The highest BCUT2D eigenvalue weighted by atomic mass is 32.2. The van der Waals surface area contributed by atoms with Gasteiger partial charge in [-0.3, -0.25) is 9.59 Å². The molecule has 3 N–H and O–H groups in total. The maximum Gasteiger partial charge on any atom is 0.303 e. The van der Waals surface area contributed by atoms with Crippen LogP contribution in [0, 0.1) is 11.8 Å². The lowest BCUT2D eigenvalue weighted by Crippen LogP contribution is -2.17. The number of Topliss-reactive ketones (excluding diaryl/α,β-unsaturated/α-hetero) is 1. The number of ketones is 1.